The van der Waals surface area contributed by atoms with Gasteiger partial charge in [-0.15, -0.1) is 21.5 Å². The Hall–Kier alpha value is -4.11. The number of benzene rings is 2. The van der Waals surface area contributed by atoms with Crippen molar-refractivity contribution in [2.24, 2.45) is 10.9 Å². The van der Waals surface area contributed by atoms with Crippen LogP contribution in [0.5, 0.6) is 5.75 Å². The Morgan fingerprint density at radius 1 is 1.11 bits per heavy atom. The number of nitrogens with zero attached hydrogens (tertiary/aromatic N) is 4. The van der Waals surface area contributed by atoms with Crippen LogP contribution in [0.2, 0.25) is 0 Å². The van der Waals surface area contributed by atoms with E-state index >= 15 is 0 Å². The molecular formula is C28H26N4O4S. The maximum atomic E-state index is 12.1. The van der Waals surface area contributed by atoms with Crippen molar-refractivity contribution in [2.75, 3.05) is 7.11 Å². The third kappa shape index (κ3) is 4.05. The van der Waals surface area contributed by atoms with Crippen molar-refractivity contribution in [3.05, 3.63) is 81.2 Å². The summed E-state index contributed by atoms with van der Waals surface area (Å²) < 4.78 is 7.47. The normalized spacial score (nSPS) is 15.3. The number of ether oxygens (including phenoxy) is 1. The summed E-state index contributed by atoms with van der Waals surface area (Å²) >= 11 is 1.63. The highest BCUT2D eigenvalue weighted by molar-refractivity contribution is 7.15. The number of hydrogen-bond donors (Lipinski definition) is 1. The first kappa shape index (κ1) is 24.6. The molecule has 37 heavy (non-hydrogen) atoms. The first-order valence-corrected chi connectivity index (χ1v) is 12.6. The molecule has 2 aromatic heterocycles. The van der Waals surface area contributed by atoms with Crippen molar-refractivity contribution >= 4 is 29.3 Å². The molecule has 188 valence electrons. The fourth-order valence-electron chi connectivity index (χ4n) is 4.65. The predicted molar refractivity (Wildman–Crippen MR) is 142 cm³/mol. The van der Waals surface area contributed by atoms with Crippen molar-refractivity contribution in [1.82, 2.24) is 14.8 Å². The van der Waals surface area contributed by atoms with E-state index in [0.29, 0.717) is 23.0 Å². The van der Waals surface area contributed by atoms with Gasteiger partial charge in [0.1, 0.15) is 28.9 Å². The van der Waals surface area contributed by atoms with E-state index < -0.39 is 17.9 Å². The predicted octanol–water partition coefficient (Wildman–Crippen LogP) is 5.35. The first-order valence-electron chi connectivity index (χ1n) is 11.8. The van der Waals surface area contributed by atoms with Crippen molar-refractivity contribution < 1.29 is 19.4 Å². The highest BCUT2D eigenvalue weighted by Crippen LogP contribution is 2.41. The van der Waals surface area contributed by atoms with Crippen LogP contribution in [0.15, 0.2) is 47.5 Å². The lowest BCUT2D eigenvalue weighted by molar-refractivity contribution is -0.141. The van der Waals surface area contributed by atoms with Crippen LogP contribution >= 0.6 is 11.3 Å². The second kappa shape index (κ2) is 9.40. The third-order valence-electron chi connectivity index (χ3n) is 6.88. The molecule has 1 N–H and O–H groups in total. The smallest absolute Gasteiger partial charge is 0.308 e. The maximum Gasteiger partial charge on any atom is 0.308 e. The van der Waals surface area contributed by atoms with Crippen molar-refractivity contribution in [1.29, 1.82) is 0 Å². The molecule has 1 aliphatic rings. The first-order chi connectivity index (χ1) is 17.7. The monoisotopic (exact) mass is 514 g/mol. The van der Waals surface area contributed by atoms with Gasteiger partial charge in [-0.3, -0.25) is 19.1 Å². The second-order valence-corrected chi connectivity index (χ2v) is 10.3. The van der Waals surface area contributed by atoms with E-state index in [1.807, 2.05) is 35.8 Å². The summed E-state index contributed by atoms with van der Waals surface area (Å²) in [7, 11) is 1.60. The summed E-state index contributed by atoms with van der Waals surface area (Å²) in [5.41, 5.74) is 5.89. The van der Waals surface area contributed by atoms with E-state index in [1.165, 1.54) is 0 Å². The lowest BCUT2D eigenvalue weighted by Crippen LogP contribution is -2.21. The molecule has 0 radical (unpaired) electrons. The molecular weight excluding hydrogens is 488 g/mol. The minimum Gasteiger partial charge on any atom is -0.496 e. The van der Waals surface area contributed by atoms with Crippen molar-refractivity contribution in [3.8, 4) is 21.9 Å². The zero-order chi connectivity index (χ0) is 26.4. The van der Waals surface area contributed by atoms with E-state index in [2.05, 4.69) is 24.0 Å². The van der Waals surface area contributed by atoms with Crippen molar-refractivity contribution in [3.63, 3.8) is 0 Å². The summed E-state index contributed by atoms with van der Waals surface area (Å²) in [5.74, 6) is 0.129. The number of aliphatic imine (C=N–C) groups is 1. The van der Waals surface area contributed by atoms with Gasteiger partial charge in [0.25, 0.3) is 0 Å². The Bertz CT molecular complexity index is 1570. The number of carbonyl (C=O) groups is 2. The molecule has 0 bridgehead atoms. The van der Waals surface area contributed by atoms with Crippen LogP contribution in [-0.2, 0) is 4.79 Å². The van der Waals surface area contributed by atoms with Crippen LogP contribution in [-0.4, -0.2) is 44.9 Å². The molecule has 0 spiro atoms. The topological polar surface area (TPSA) is 107 Å². The molecule has 2 aromatic carbocycles. The summed E-state index contributed by atoms with van der Waals surface area (Å²) in [4.78, 5) is 29.6. The van der Waals surface area contributed by atoms with Gasteiger partial charge in [-0.05, 0) is 57.0 Å². The van der Waals surface area contributed by atoms with E-state index in [1.54, 1.807) is 43.6 Å². The minimum absolute atomic E-state index is 0.525. The van der Waals surface area contributed by atoms with Gasteiger partial charge < -0.3 is 9.84 Å². The van der Waals surface area contributed by atoms with E-state index in [9.17, 15) is 14.7 Å². The molecule has 1 unspecified atom stereocenters. The van der Waals surface area contributed by atoms with Gasteiger partial charge in [0, 0.05) is 27.1 Å². The molecule has 0 fully saturated rings. The molecule has 1 aliphatic heterocycles. The van der Waals surface area contributed by atoms with Crippen LogP contribution in [0.3, 0.4) is 0 Å². The second-order valence-electron chi connectivity index (χ2n) is 9.11. The number of aryl methyl sites for hydroxylation is 2. The lowest BCUT2D eigenvalue weighted by atomic mass is 9.95. The van der Waals surface area contributed by atoms with Gasteiger partial charge in [0.05, 0.1) is 18.7 Å². The number of fused-ring (bicyclic) bond motifs is 3. The number of methoxy groups -OCH3 is 1. The lowest BCUT2D eigenvalue weighted by Gasteiger charge is -2.16. The van der Waals surface area contributed by atoms with Crippen LogP contribution in [0.1, 0.15) is 56.5 Å². The summed E-state index contributed by atoms with van der Waals surface area (Å²) in [5, 5.41) is 19.4. The Labute approximate surface area is 218 Å². The quantitative estimate of drug-likeness (QED) is 0.348. The zero-order valence-electron chi connectivity index (χ0n) is 21.1. The molecule has 2 atom stereocenters. The molecule has 0 amide bonds. The van der Waals surface area contributed by atoms with Crippen LogP contribution < -0.4 is 4.74 Å². The van der Waals surface area contributed by atoms with Crippen LogP contribution in [0, 0.1) is 26.7 Å². The zero-order valence-corrected chi connectivity index (χ0v) is 22.0. The van der Waals surface area contributed by atoms with Crippen LogP contribution in [0.4, 0.5) is 0 Å². The summed E-state index contributed by atoms with van der Waals surface area (Å²) in [6.45, 7) is 7.65. The van der Waals surface area contributed by atoms with Gasteiger partial charge in [-0.1, -0.05) is 24.3 Å². The molecule has 0 aliphatic carbocycles. The number of carboxylic acid groups (broad SMARTS) is 1. The Morgan fingerprint density at radius 3 is 2.46 bits per heavy atom. The van der Waals surface area contributed by atoms with E-state index in [4.69, 9.17) is 9.73 Å². The number of carbonyl (C=O) groups excluding carboxylic acids is 1. The largest absolute Gasteiger partial charge is 0.496 e. The number of thiophene rings is 1. The number of aromatic nitrogens is 3. The van der Waals surface area contributed by atoms with Crippen LogP contribution in [0.25, 0.3) is 16.1 Å². The highest BCUT2D eigenvalue weighted by Gasteiger charge is 2.36. The molecule has 5 rings (SSSR count). The molecule has 9 heteroatoms. The summed E-state index contributed by atoms with van der Waals surface area (Å²) in [6.07, 6.45) is 0.810. The van der Waals surface area contributed by atoms with Gasteiger partial charge in [-0.2, -0.15) is 0 Å². The van der Waals surface area contributed by atoms with E-state index in [-0.39, 0.29) is 0 Å². The van der Waals surface area contributed by atoms with Gasteiger partial charge in [0.15, 0.2) is 5.82 Å². The number of hydrogen-bond acceptors (Lipinski definition) is 7. The Balaban J connectivity index is 1.70. The minimum atomic E-state index is -0.948. The van der Waals surface area contributed by atoms with Gasteiger partial charge in [0.2, 0.25) is 0 Å². The van der Waals surface area contributed by atoms with E-state index in [0.717, 1.165) is 49.7 Å². The molecule has 3 heterocycles. The standard InChI is InChI=1S/C28H26N4O4S/c1-14-16(3)37-27-23(14)25(29-24(15(2)28(34)35)26-31-30-17(4)32(26)27)20-9-7-19(8-10-20)21-12-18(13-33)6-11-22(21)36-5/h6-13,15,24H,1-5H3,(H,34,35)/t15?,24-/m0/s1. The SMILES string of the molecule is COc1ccc(C=O)cc1-c1ccc(C2=N[C@@H](C(C)C(=O)O)c3nnc(C)n3-c3sc(C)c(C)c32)cc1. The molecule has 0 saturated carbocycles. The maximum absolute atomic E-state index is 12.1. The summed E-state index contributed by atoms with van der Waals surface area (Å²) in [6, 6.07) is 12.5. The number of rotatable bonds is 6. The number of carboxylic acids is 1. The molecule has 0 saturated heterocycles. The Morgan fingerprint density at radius 2 is 1.81 bits per heavy atom. The average molecular weight is 515 g/mol. The molecule has 4 aromatic rings. The fraction of sp³-hybridized carbons (Fsp3) is 0.250. The Kier molecular flexibility index (Phi) is 6.25. The molecule has 8 nitrogen and oxygen atoms in total. The number of aldehydes is 1. The number of aliphatic carboxylic acids is 1. The van der Waals surface area contributed by atoms with Gasteiger partial charge >= 0.3 is 5.97 Å². The fourth-order valence-corrected chi connectivity index (χ4v) is 5.86. The van der Waals surface area contributed by atoms with Gasteiger partial charge in [-0.25, -0.2) is 0 Å². The van der Waals surface area contributed by atoms with Crippen molar-refractivity contribution in [2.45, 2.75) is 33.7 Å². The highest BCUT2D eigenvalue weighted by atomic mass is 32.1. The third-order valence-corrected chi connectivity index (χ3v) is 8.07. The average Bonchev–Trinajstić information content (AvgIpc) is 3.37.